The highest BCUT2D eigenvalue weighted by atomic mass is 32.2. The fourth-order valence-electron chi connectivity index (χ4n) is 2.36. The topological polar surface area (TPSA) is 95.6 Å². The maximum atomic E-state index is 12.5. The van der Waals surface area contributed by atoms with Crippen LogP contribution in [0.2, 0.25) is 0 Å². The first kappa shape index (κ1) is 17.4. The first-order chi connectivity index (χ1) is 10.9. The van der Waals surface area contributed by atoms with Gasteiger partial charge in [-0.3, -0.25) is 20.4 Å². The molecule has 7 nitrogen and oxygen atoms in total. The van der Waals surface area contributed by atoms with Crippen molar-refractivity contribution in [1.82, 2.24) is 15.2 Å². The Morgan fingerprint density at radius 1 is 1.17 bits per heavy atom. The molecule has 1 aliphatic rings. The summed E-state index contributed by atoms with van der Waals surface area (Å²) < 4.78 is 26.4. The Kier molecular flexibility index (Phi) is 5.73. The monoisotopic (exact) mass is 339 g/mol. The molecule has 2 N–H and O–H groups in total. The van der Waals surface area contributed by atoms with Gasteiger partial charge in [-0.25, -0.2) is 8.42 Å². The van der Waals surface area contributed by atoms with Crippen LogP contribution < -0.4 is 10.9 Å². The molecule has 0 atom stereocenters. The zero-order valence-corrected chi connectivity index (χ0v) is 13.9. The number of sulfonamides is 1. The molecule has 1 saturated heterocycles. The third-order valence-corrected chi connectivity index (χ3v) is 5.49. The first-order valence-electron chi connectivity index (χ1n) is 7.64. The molecule has 0 radical (unpaired) electrons. The summed E-state index contributed by atoms with van der Waals surface area (Å²) in [6.45, 7) is 2.87. The second-order valence-electron chi connectivity index (χ2n) is 5.39. The molecule has 1 heterocycles. The Balaban J connectivity index is 2.10. The quantitative estimate of drug-likeness (QED) is 0.783. The number of nitrogens with one attached hydrogen (secondary N) is 2. The minimum Gasteiger partial charge on any atom is -0.273 e. The van der Waals surface area contributed by atoms with E-state index in [0.717, 1.165) is 12.8 Å². The lowest BCUT2D eigenvalue weighted by molar-refractivity contribution is -0.121. The van der Waals surface area contributed by atoms with Crippen LogP contribution in [0.3, 0.4) is 0 Å². The third kappa shape index (κ3) is 4.29. The predicted octanol–water partition coefficient (Wildman–Crippen LogP) is 1.03. The molecule has 126 valence electrons. The highest BCUT2D eigenvalue weighted by Crippen LogP contribution is 2.21. The summed E-state index contributed by atoms with van der Waals surface area (Å²) in [5, 5.41) is 0. The molecule has 0 bridgehead atoms. The lowest BCUT2D eigenvalue weighted by Gasteiger charge is -2.16. The fourth-order valence-corrected chi connectivity index (χ4v) is 3.93. The number of hydrogen-bond acceptors (Lipinski definition) is 4. The van der Waals surface area contributed by atoms with Crippen molar-refractivity contribution >= 4 is 21.8 Å². The van der Waals surface area contributed by atoms with Gasteiger partial charge in [0.2, 0.25) is 15.9 Å². The van der Waals surface area contributed by atoms with E-state index in [4.69, 9.17) is 0 Å². The van der Waals surface area contributed by atoms with E-state index in [9.17, 15) is 18.0 Å². The van der Waals surface area contributed by atoms with E-state index in [1.807, 2.05) is 6.92 Å². The summed E-state index contributed by atoms with van der Waals surface area (Å²) in [7, 11) is -3.57. The van der Waals surface area contributed by atoms with Gasteiger partial charge in [0, 0.05) is 25.1 Å². The lowest BCUT2D eigenvalue weighted by Crippen LogP contribution is -2.41. The van der Waals surface area contributed by atoms with Crippen LogP contribution >= 0.6 is 0 Å². The van der Waals surface area contributed by atoms with Gasteiger partial charge in [-0.1, -0.05) is 13.0 Å². The summed E-state index contributed by atoms with van der Waals surface area (Å²) in [5.41, 5.74) is 4.76. The number of hydrazine groups is 1. The maximum absolute atomic E-state index is 12.5. The number of nitrogens with zero attached hydrogens (tertiary/aromatic N) is 1. The number of carbonyl (C=O) groups is 2. The van der Waals surface area contributed by atoms with Crippen molar-refractivity contribution in [3.63, 3.8) is 0 Å². The molecular formula is C15H21N3O4S. The van der Waals surface area contributed by atoms with Crippen molar-refractivity contribution in [2.75, 3.05) is 13.1 Å². The smallest absolute Gasteiger partial charge is 0.269 e. The molecule has 2 rings (SSSR count). The van der Waals surface area contributed by atoms with Gasteiger partial charge in [0.15, 0.2) is 0 Å². The minimum atomic E-state index is -3.57. The van der Waals surface area contributed by atoms with E-state index in [2.05, 4.69) is 10.9 Å². The molecular weight excluding hydrogens is 318 g/mol. The summed E-state index contributed by atoms with van der Waals surface area (Å²) in [6.07, 6.45) is 2.68. The molecule has 1 aliphatic heterocycles. The van der Waals surface area contributed by atoms with E-state index in [1.54, 1.807) is 0 Å². The Morgan fingerprint density at radius 2 is 1.87 bits per heavy atom. The highest BCUT2D eigenvalue weighted by Gasteiger charge is 2.27. The average molecular weight is 339 g/mol. The van der Waals surface area contributed by atoms with Gasteiger partial charge in [-0.05, 0) is 37.5 Å². The Bertz CT molecular complexity index is 682. The van der Waals surface area contributed by atoms with Gasteiger partial charge in [-0.15, -0.1) is 0 Å². The van der Waals surface area contributed by atoms with Crippen LogP contribution in [0.5, 0.6) is 0 Å². The van der Waals surface area contributed by atoms with Crippen LogP contribution in [-0.4, -0.2) is 37.6 Å². The minimum absolute atomic E-state index is 0.0898. The van der Waals surface area contributed by atoms with E-state index in [-0.39, 0.29) is 16.4 Å². The Labute approximate surface area is 136 Å². The van der Waals surface area contributed by atoms with Crippen LogP contribution in [0.4, 0.5) is 0 Å². The maximum Gasteiger partial charge on any atom is 0.269 e. The van der Waals surface area contributed by atoms with Crippen molar-refractivity contribution in [3.8, 4) is 0 Å². The summed E-state index contributed by atoms with van der Waals surface area (Å²) in [5.74, 6) is -0.838. The molecule has 23 heavy (non-hydrogen) atoms. The zero-order chi connectivity index (χ0) is 16.9. The van der Waals surface area contributed by atoms with Crippen LogP contribution in [0.15, 0.2) is 29.2 Å². The normalized spacial score (nSPS) is 15.3. The van der Waals surface area contributed by atoms with Crippen LogP contribution in [-0.2, 0) is 14.8 Å². The van der Waals surface area contributed by atoms with E-state index < -0.39 is 15.9 Å². The molecule has 0 spiro atoms. The average Bonchev–Trinajstić information content (AvgIpc) is 3.08. The Morgan fingerprint density at radius 3 is 2.52 bits per heavy atom. The van der Waals surface area contributed by atoms with Crippen LogP contribution in [0.1, 0.15) is 43.0 Å². The lowest BCUT2D eigenvalue weighted by atomic mass is 10.2. The van der Waals surface area contributed by atoms with Gasteiger partial charge in [0.1, 0.15) is 0 Å². The van der Waals surface area contributed by atoms with E-state index in [1.165, 1.54) is 28.6 Å². The van der Waals surface area contributed by atoms with Gasteiger partial charge in [-0.2, -0.15) is 4.31 Å². The van der Waals surface area contributed by atoms with Crippen molar-refractivity contribution < 1.29 is 18.0 Å². The van der Waals surface area contributed by atoms with E-state index >= 15 is 0 Å². The largest absolute Gasteiger partial charge is 0.273 e. The third-order valence-electron chi connectivity index (χ3n) is 3.59. The first-order valence-corrected chi connectivity index (χ1v) is 9.08. The molecule has 8 heteroatoms. The number of hydrogen-bond donors (Lipinski definition) is 2. The van der Waals surface area contributed by atoms with Gasteiger partial charge < -0.3 is 0 Å². The summed E-state index contributed by atoms with van der Waals surface area (Å²) >= 11 is 0. The van der Waals surface area contributed by atoms with Crippen LogP contribution in [0.25, 0.3) is 0 Å². The molecule has 1 fully saturated rings. The fraction of sp³-hybridized carbons (Fsp3) is 0.467. The SMILES string of the molecule is CCCC(=O)NNC(=O)c1cccc(S(=O)(=O)N2CCCC2)c1. The molecule has 1 aromatic rings. The highest BCUT2D eigenvalue weighted by molar-refractivity contribution is 7.89. The van der Waals surface area contributed by atoms with Crippen molar-refractivity contribution in [2.24, 2.45) is 0 Å². The number of amides is 2. The van der Waals surface area contributed by atoms with Gasteiger partial charge >= 0.3 is 0 Å². The number of benzene rings is 1. The zero-order valence-electron chi connectivity index (χ0n) is 13.0. The summed E-state index contributed by atoms with van der Waals surface area (Å²) in [6, 6.07) is 5.82. The molecule has 0 aliphatic carbocycles. The predicted molar refractivity (Wildman–Crippen MR) is 85.0 cm³/mol. The molecule has 0 saturated carbocycles. The van der Waals surface area contributed by atoms with E-state index in [0.29, 0.717) is 25.9 Å². The van der Waals surface area contributed by atoms with Crippen LogP contribution in [0, 0.1) is 0 Å². The standard InChI is InChI=1S/C15H21N3O4S/c1-2-6-14(19)16-17-15(20)12-7-5-8-13(11-12)23(21,22)18-9-3-4-10-18/h5,7-8,11H,2-4,6,9-10H2,1H3,(H,16,19)(H,17,20). The van der Waals surface area contributed by atoms with Gasteiger partial charge in [0.05, 0.1) is 4.90 Å². The molecule has 0 aromatic heterocycles. The molecule has 2 amide bonds. The Hall–Kier alpha value is -1.93. The van der Waals surface area contributed by atoms with Gasteiger partial charge in [0.25, 0.3) is 5.91 Å². The second-order valence-corrected chi connectivity index (χ2v) is 7.33. The summed E-state index contributed by atoms with van der Waals surface area (Å²) in [4.78, 5) is 23.5. The number of carbonyl (C=O) groups excluding carboxylic acids is 2. The van der Waals surface area contributed by atoms with Crippen molar-refractivity contribution in [2.45, 2.75) is 37.5 Å². The molecule has 0 unspecified atom stereocenters. The number of rotatable bonds is 5. The van der Waals surface area contributed by atoms with Crippen molar-refractivity contribution in [3.05, 3.63) is 29.8 Å². The molecule has 1 aromatic carbocycles. The second kappa shape index (κ2) is 7.56. The van der Waals surface area contributed by atoms with Crippen molar-refractivity contribution in [1.29, 1.82) is 0 Å².